The third-order valence-corrected chi connectivity index (χ3v) is 8.07. The topological polar surface area (TPSA) is 51.7 Å². The third-order valence-electron chi connectivity index (χ3n) is 6.87. The molecule has 1 N–H and O–H groups in total. The molecule has 174 valence electrons. The fraction of sp³-hybridized carbons (Fsp3) is 0.462. The monoisotopic (exact) mass is 463 g/mol. The Hall–Kier alpha value is -2.48. The molecule has 3 aromatic rings. The van der Waals surface area contributed by atoms with Crippen molar-refractivity contribution in [3.63, 3.8) is 0 Å². The SMILES string of the molecule is CCN1CCN(c2ccc(NC(=O)CN3CCC[C@H](c4nc5ccccc5s4)C3)cc2)CC1. The number of thiazole rings is 1. The molecule has 2 aliphatic heterocycles. The van der Waals surface area contributed by atoms with Gasteiger partial charge in [0, 0.05) is 50.0 Å². The van der Waals surface area contributed by atoms with Gasteiger partial charge < -0.3 is 15.1 Å². The number of likely N-dealkylation sites (tertiary alicyclic amines) is 1. The van der Waals surface area contributed by atoms with Crippen molar-refractivity contribution in [2.24, 2.45) is 0 Å². The van der Waals surface area contributed by atoms with Crippen LogP contribution in [0.5, 0.6) is 0 Å². The first-order chi connectivity index (χ1) is 16.2. The molecule has 0 bridgehead atoms. The van der Waals surface area contributed by atoms with Crippen LogP contribution in [0.15, 0.2) is 48.5 Å². The van der Waals surface area contributed by atoms with Gasteiger partial charge in [0.15, 0.2) is 0 Å². The van der Waals surface area contributed by atoms with Gasteiger partial charge in [-0.3, -0.25) is 9.69 Å². The highest BCUT2D eigenvalue weighted by atomic mass is 32.1. The van der Waals surface area contributed by atoms with Gasteiger partial charge in [0.1, 0.15) is 0 Å². The van der Waals surface area contributed by atoms with Crippen molar-refractivity contribution in [2.75, 3.05) is 62.6 Å². The average Bonchev–Trinajstić information content (AvgIpc) is 3.29. The number of nitrogens with zero attached hydrogens (tertiary/aromatic N) is 4. The number of hydrogen-bond donors (Lipinski definition) is 1. The van der Waals surface area contributed by atoms with E-state index in [0.29, 0.717) is 12.5 Å². The summed E-state index contributed by atoms with van der Waals surface area (Å²) in [6, 6.07) is 16.6. The minimum Gasteiger partial charge on any atom is -0.369 e. The van der Waals surface area contributed by atoms with E-state index in [9.17, 15) is 4.79 Å². The van der Waals surface area contributed by atoms with Gasteiger partial charge in [-0.25, -0.2) is 4.98 Å². The average molecular weight is 464 g/mol. The number of carbonyl (C=O) groups is 1. The Balaban J connectivity index is 1.14. The molecule has 1 atom stereocenters. The minimum atomic E-state index is 0.0595. The lowest BCUT2D eigenvalue weighted by atomic mass is 9.99. The molecule has 2 saturated heterocycles. The van der Waals surface area contributed by atoms with Crippen LogP contribution in [-0.2, 0) is 4.79 Å². The van der Waals surface area contributed by atoms with Crippen LogP contribution in [0.1, 0.15) is 30.7 Å². The number of fused-ring (bicyclic) bond motifs is 1. The maximum absolute atomic E-state index is 12.7. The number of piperidine rings is 1. The highest BCUT2D eigenvalue weighted by molar-refractivity contribution is 7.18. The highest BCUT2D eigenvalue weighted by Crippen LogP contribution is 2.32. The largest absolute Gasteiger partial charge is 0.369 e. The number of piperazine rings is 1. The molecule has 0 unspecified atom stereocenters. The molecule has 0 spiro atoms. The second-order valence-electron chi connectivity index (χ2n) is 9.11. The van der Waals surface area contributed by atoms with Gasteiger partial charge in [-0.1, -0.05) is 19.1 Å². The highest BCUT2D eigenvalue weighted by Gasteiger charge is 2.25. The van der Waals surface area contributed by atoms with Gasteiger partial charge in [0.25, 0.3) is 0 Å². The first-order valence-electron chi connectivity index (χ1n) is 12.1. The lowest BCUT2D eigenvalue weighted by Gasteiger charge is -2.35. The Labute approximate surface area is 200 Å². The Kier molecular flexibility index (Phi) is 6.90. The third kappa shape index (κ3) is 5.37. The molecule has 2 aromatic carbocycles. The first-order valence-corrected chi connectivity index (χ1v) is 12.9. The Bertz CT molecular complexity index is 1040. The Morgan fingerprint density at radius 2 is 1.82 bits per heavy atom. The number of para-hydroxylation sites is 1. The van der Waals surface area contributed by atoms with E-state index in [4.69, 9.17) is 4.98 Å². The molecule has 0 radical (unpaired) electrons. The molecule has 0 saturated carbocycles. The van der Waals surface area contributed by atoms with Crippen molar-refractivity contribution >= 4 is 38.8 Å². The number of hydrogen-bond acceptors (Lipinski definition) is 6. The molecule has 3 heterocycles. The molecule has 7 heteroatoms. The zero-order chi connectivity index (χ0) is 22.6. The molecule has 2 fully saturated rings. The maximum atomic E-state index is 12.7. The summed E-state index contributed by atoms with van der Waals surface area (Å²) in [4.78, 5) is 24.8. The molecule has 1 aromatic heterocycles. The number of likely N-dealkylation sites (N-methyl/N-ethyl adjacent to an activating group) is 1. The number of aromatic nitrogens is 1. The number of amides is 1. The van der Waals surface area contributed by atoms with E-state index in [1.54, 1.807) is 11.3 Å². The van der Waals surface area contributed by atoms with E-state index < -0.39 is 0 Å². The van der Waals surface area contributed by atoms with Crippen LogP contribution in [0.4, 0.5) is 11.4 Å². The molecule has 33 heavy (non-hydrogen) atoms. The number of nitrogens with one attached hydrogen (secondary N) is 1. The van der Waals surface area contributed by atoms with Crippen LogP contribution in [0, 0.1) is 0 Å². The number of rotatable bonds is 6. The molecule has 1 amide bonds. The van der Waals surface area contributed by atoms with E-state index >= 15 is 0 Å². The summed E-state index contributed by atoms with van der Waals surface area (Å²) in [5, 5.41) is 4.30. The van der Waals surface area contributed by atoms with E-state index in [1.807, 2.05) is 18.2 Å². The minimum absolute atomic E-state index is 0.0595. The van der Waals surface area contributed by atoms with Crippen molar-refractivity contribution in [3.05, 3.63) is 53.5 Å². The van der Waals surface area contributed by atoms with Gasteiger partial charge in [-0.15, -0.1) is 11.3 Å². The summed E-state index contributed by atoms with van der Waals surface area (Å²) >= 11 is 1.80. The molecule has 5 rings (SSSR count). The zero-order valence-corrected chi connectivity index (χ0v) is 20.2. The zero-order valence-electron chi connectivity index (χ0n) is 19.4. The smallest absolute Gasteiger partial charge is 0.238 e. The van der Waals surface area contributed by atoms with Gasteiger partial charge in [0.2, 0.25) is 5.91 Å². The summed E-state index contributed by atoms with van der Waals surface area (Å²) in [6.07, 6.45) is 2.25. The van der Waals surface area contributed by atoms with E-state index in [1.165, 1.54) is 15.4 Å². The predicted molar refractivity (Wildman–Crippen MR) is 137 cm³/mol. The first kappa shape index (κ1) is 22.3. The van der Waals surface area contributed by atoms with Crippen molar-refractivity contribution in [3.8, 4) is 0 Å². The standard InChI is InChI=1S/C26H33N5OS/c1-2-29-14-16-31(17-15-29)22-11-9-21(10-12-22)27-25(32)19-30-13-5-6-20(18-30)26-28-23-7-3-4-8-24(23)33-26/h3-4,7-12,20H,2,5-6,13-19H2,1H3,(H,27,32)/t20-/m0/s1. The van der Waals surface area contributed by atoms with Crippen molar-refractivity contribution in [2.45, 2.75) is 25.7 Å². The fourth-order valence-corrected chi connectivity index (χ4v) is 6.04. The molecule has 6 nitrogen and oxygen atoms in total. The molecule has 2 aliphatic rings. The van der Waals surface area contributed by atoms with Gasteiger partial charge in [0.05, 0.1) is 21.8 Å². The number of benzene rings is 2. The Morgan fingerprint density at radius 3 is 2.58 bits per heavy atom. The van der Waals surface area contributed by atoms with Crippen LogP contribution >= 0.6 is 11.3 Å². The van der Waals surface area contributed by atoms with Crippen LogP contribution < -0.4 is 10.2 Å². The second-order valence-corrected chi connectivity index (χ2v) is 10.2. The van der Waals surface area contributed by atoms with E-state index in [2.05, 4.69) is 57.3 Å². The van der Waals surface area contributed by atoms with Crippen molar-refractivity contribution in [1.29, 1.82) is 0 Å². The summed E-state index contributed by atoms with van der Waals surface area (Å²) in [5.74, 6) is 0.473. The van der Waals surface area contributed by atoms with E-state index in [0.717, 1.165) is 69.9 Å². The second kappa shape index (κ2) is 10.2. The summed E-state index contributed by atoms with van der Waals surface area (Å²) in [7, 11) is 0. The lowest BCUT2D eigenvalue weighted by molar-refractivity contribution is -0.117. The molecule has 0 aliphatic carbocycles. The van der Waals surface area contributed by atoms with Crippen molar-refractivity contribution < 1.29 is 4.79 Å². The number of anilines is 2. The summed E-state index contributed by atoms with van der Waals surface area (Å²) < 4.78 is 1.25. The van der Waals surface area contributed by atoms with Crippen LogP contribution in [-0.4, -0.2) is 73.0 Å². The maximum Gasteiger partial charge on any atom is 0.238 e. The predicted octanol–water partition coefficient (Wildman–Crippen LogP) is 4.26. The van der Waals surface area contributed by atoms with E-state index in [-0.39, 0.29) is 5.91 Å². The lowest BCUT2D eigenvalue weighted by Crippen LogP contribution is -2.46. The van der Waals surface area contributed by atoms with Gasteiger partial charge >= 0.3 is 0 Å². The number of carbonyl (C=O) groups excluding carboxylic acids is 1. The quantitative estimate of drug-likeness (QED) is 0.592. The van der Waals surface area contributed by atoms with Gasteiger partial charge in [-0.2, -0.15) is 0 Å². The molecular weight excluding hydrogens is 430 g/mol. The Morgan fingerprint density at radius 1 is 1.03 bits per heavy atom. The summed E-state index contributed by atoms with van der Waals surface area (Å²) in [6.45, 7) is 9.99. The van der Waals surface area contributed by atoms with Gasteiger partial charge in [-0.05, 0) is 62.3 Å². The molecular formula is C26H33N5OS. The van der Waals surface area contributed by atoms with Crippen LogP contribution in [0.25, 0.3) is 10.2 Å². The van der Waals surface area contributed by atoms with Crippen LogP contribution in [0.2, 0.25) is 0 Å². The summed E-state index contributed by atoms with van der Waals surface area (Å²) in [5.41, 5.74) is 3.19. The van der Waals surface area contributed by atoms with Crippen LogP contribution in [0.3, 0.4) is 0 Å². The fourth-order valence-electron chi connectivity index (χ4n) is 4.95. The normalized spacial score (nSPS) is 20.3. The van der Waals surface area contributed by atoms with Crippen molar-refractivity contribution in [1.82, 2.24) is 14.8 Å².